The van der Waals surface area contributed by atoms with E-state index in [1.165, 1.54) is 0 Å². The van der Waals surface area contributed by atoms with Crippen LogP contribution < -0.4 is 14.2 Å². The van der Waals surface area contributed by atoms with Gasteiger partial charge in [0.15, 0.2) is 0 Å². The second-order valence-corrected chi connectivity index (χ2v) is 4.61. The smallest absolute Gasteiger partial charge is 0.138 e. The van der Waals surface area contributed by atoms with Crippen molar-refractivity contribution in [3.05, 3.63) is 47.0 Å². The van der Waals surface area contributed by atoms with E-state index in [0.717, 1.165) is 22.6 Å². The summed E-state index contributed by atoms with van der Waals surface area (Å²) in [6, 6.07) is 9.70. The Labute approximate surface area is 117 Å². The van der Waals surface area contributed by atoms with Gasteiger partial charge in [0.2, 0.25) is 0 Å². The predicted octanol–water partition coefficient (Wildman–Crippen LogP) is 2.89. The first-order valence-corrected chi connectivity index (χ1v) is 6.41. The molecule has 4 heteroatoms. The van der Waals surface area contributed by atoms with E-state index in [9.17, 15) is 5.11 Å². The number of methoxy groups -OCH3 is 2. The maximum Gasteiger partial charge on any atom is 0.138 e. The van der Waals surface area contributed by atoms with E-state index in [4.69, 9.17) is 14.2 Å². The van der Waals surface area contributed by atoms with Crippen molar-refractivity contribution >= 4 is 0 Å². The summed E-state index contributed by atoms with van der Waals surface area (Å²) in [5, 5.41) is 9.56. The molecule has 0 fully saturated rings. The topological polar surface area (TPSA) is 47.9 Å². The highest BCUT2D eigenvalue weighted by atomic mass is 16.5. The van der Waals surface area contributed by atoms with Crippen LogP contribution in [-0.2, 0) is 13.0 Å². The second kappa shape index (κ2) is 5.06. The van der Waals surface area contributed by atoms with E-state index in [2.05, 4.69) is 0 Å². The first-order valence-electron chi connectivity index (χ1n) is 6.41. The average Bonchev–Trinajstić information content (AvgIpc) is 2.50. The maximum absolute atomic E-state index is 9.56. The minimum Gasteiger partial charge on any atom is -0.496 e. The molecule has 0 aromatic heterocycles. The van der Waals surface area contributed by atoms with Crippen molar-refractivity contribution in [1.82, 2.24) is 0 Å². The Hall–Kier alpha value is -2.20. The number of ether oxygens (including phenoxy) is 3. The van der Waals surface area contributed by atoms with E-state index >= 15 is 0 Å². The summed E-state index contributed by atoms with van der Waals surface area (Å²) in [5.41, 5.74) is 2.69. The van der Waals surface area contributed by atoms with Gasteiger partial charge in [0.05, 0.1) is 26.4 Å². The van der Waals surface area contributed by atoms with Crippen molar-refractivity contribution in [2.24, 2.45) is 0 Å². The highest BCUT2D eigenvalue weighted by Gasteiger charge is 2.25. The number of rotatable bonds is 3. The molecule has 0 spiro atoms. The highest BCUT2D eigenvalue weighted by Crippen LogP contribution is 2.45. The number of aliphatic hydroxyl groups excluding tert-OH is 1. The molecule has 104 valence electrons. The van der Waals surface area contributed by atoms with Crippen LogP contribution in [0.1, 0.15) is 16.7 Å². The Morgan fingerprint density at radius 3 is 2.65 bits per heavy atom. The summed E-state index contributed by atoms with van der Waals surface area (Å²) in [7, 11) is 3.16. The minimum atomic E-state index is -0.138. The standard InChI is InChI=1S/C16H16O4/c1-18-14-8-15-11(16(19-2)12(14)9-17)7-10-5-3-4-6-13(10)20-15/h3-6,8,17H,7,9H2,1-2H3. The lowest BCUT2D eigenvalue weighted by molar-refractivity contribution is 0.263. The third-order valence-electron chi connectivity index (χ3n) is 3.55. The van der Waals surface area contributed by atoms with Gasteiger partial charge in [-0.1, -0.05) is 18.2 Å². The normalized spacial score (nSPS) is 12.2. The molecule has 1 N–H and O–H groups in total. The number of hydrogen-bond acceptors (Lipinski definition) is 4. The van der Waals surface area contributed by atoms with Crippen LogP contribution in [0.3, 0.4) is 0 Å². The molecule has 0 saturated carbocycles. The lowest BCUT2D eigenvalue weighted by Gasteiger charge is -2.24. The van der Waals surface area contributed by atoms with Gasteiger partial charge in [0, 0.05) is 18.1 Å². The molecule has 2 aromatic carbocycles. The molecular formula is C16H16O4. The van der Waals surface area contributed by atoms with E-state index in [0.29, 0.717) is 23.5 Å². The first-order chi connectivity index (χ1) is 9.78. The predicted molar refractivity (Wildman–Crippen MR) is 74.8 cm³/mol. The quantitative estimate of drug-likeness (QED) is 0.796. The van der Waals surface area contributed by atoms with Crippen LogP contribution in [0.2, 0.25) is 0 Å². The van der Waals surface area contributed by atoms with Gasteiger partial charge < -0.3 is 19.3 Å². The number of fused-ring (bicyclic) bond motifs is 2. The number of para-hydroxylation sites is 1. The molecule has 3 rings (SSSR count). The number of aliphatic hydroxyl groups is 1. The second-order valence-electron chi connectivity index (χ2n) is 4.61. The van der Waals surface area contributed by atoms with Crippen molar-refractivity contribution in [3.63, 3.8) is 0 Å². The molecule has 1 aliphatic rings. The van der Waals surface area contributed by atoms with Crippen LogP contribution in [0.5, 0.6) is 23.0 Å². The van der Waals surface area contributed by atoms with Crippen molar-refractivity contribution in [2.75, 3.05) is 14.2 Å². The Bertz CT molecular complexity index is 649. The molecule has 1 aliphatic heterocycles. The van der Waals surface area contributed by atoms with Crippen molar-refractivity contribution in [2.45, 2.75) is 13.0 Å². The van der Waals surface area contributed by atoms with E-state index in [-0.39, 0.29) is 6.61 Å². The molecule has 1 heterocycles. The van der Waals surface area contributed by atoms with Gasteiger partial charge in [0.1, 0.15) is 23.0 Å². The van der Waals surface area contributed by atoms with Crippen LogP contribution in [0, 0.1) is 0 Å². The fourth-order valence-corrected chi connectivity index (χ4v) is 2.59. The lowest BCUT2D eigenvalue weighted by atomic mass is 9.96. The van der Waals surface area contributed by atoms with Crippen molar-refractivity contribution in [1.29, 1.82) is 0 Å². The molecule has 0 amide bonds. The summed E-state index contributed by atoms with van der Waals surface area (Å²) in [6.07, 6.45) is 0.714. The van der Waals surface area contributed by atoms with Gasteiger partial charge in [-0.05, 0) is 11.6 Å². The molecule has 0 saturated heterocycles. The Morgan fingerprint density at radius 1 is 1.15 bits per heavy atom. The van der Waals surface area contributed by atoms with Crippen LogP contribution in [0.4, 0.5) is 0 Å². The Balaban J connectivity index is 2.18. The molecule has 4 nitrogen and oxygen atoms in total. The lowest BCUT2D eigenvalue weighted by Crippen LogP contribution is -2.08. The zero-order chi connectivity index (χ0) is 14.1. The van der Waals surface area contributed by atoms with Crippen LogP contribution in [0.15, 0.2) is 30.3 Å². The van der Waals surface area contributed by atoms with E-state index < -0.39 is 0 Å². The first kappa shape index (κ1) is 12.8. The average molecular weight is 272 g/mol. The zero-order valence-electron chi connectivity index (χ0n) is 11.5. The molecule has 0 bridgehead atoms. The van der Waals surface area contributed by atoms with Gasteiger partial charge in [-0.25, -0.2) is 0 Å². The largest absolute Gasteiger partial charge is 0.496 e. The molecule has 20 heavy (non-hydrogen) atoms. The minimum absolute atomic E-state index is 0.138. The Kier molecular flexibility index (Phi) is 3.24. The molecule has 2 aromatic rings. The SMILES string of the molecule is COc1cc2c(c(OC)c1CO)Cc1ccccc1O2. The van der Waals surface area contributed by atoms with Gasteiger partial charge in [-0.2, -0.15) is 0 Å². The fourth-order valence-electron chi connectivity index (χ4n) is 2.59. The monoisotopic (exact) mass is 272 g/mol. The molecular weight excluding hydrogens is 256 g/mol. The summed E-state index contributed by atoms with van der Waals surface area (Å²) in [6.45, 7) is -0.138. The maximum atomic E-state index is 9.56. The van der Waals surface area contributed by atoms with E-state index in [1.54, 1.807) is 20.3 Å². The van der Waals surface area contributed by atoms with Gasteiger partial charge in [0.25, 0.3) is 0 Å². The van der Waals surface area contributed by atoms with Crippen LogP contribution in [0.25, 0.3) is 0 Å². The summed E-state index contributed by atoms with van der Waals surface area (Å²) in [4.78, 5) is 0. The van der Waals surface area contributed by atoms with Crippen LogP contribution in [-0.4, -0.2) is 19.3 Å². The third kappa shape index (κ3) is 1.89. The number of benzene rings is 2. The van der Waals surface area contributed by atoms with E-state index in [1.807, 2.05) is 24.3 Å². The summed E-state index contributed by atoms with van der Waals surface area (Å²) >= 11 is 0. The van der Waals surface area contributed by atoms with Crippen LogP contribution >= 0.6 is 0 Å². The Morgan fingerprint density at radius 2 is 1.95 bits per heavy atom. The van der Waals surface area contributed by atoms with Gasteiger partial charge in [-0.3, -0.25) is 0 Å². The van der Waals surface area contributed by atoms with Gasteiger partial charge >= 0.3 is 0 Å². The van der Waals surface area contributed by atoms with Gasteiger partial charge in [-0.15, -0.1) is 0 Å². The van der Waals surface area contributed by atoms with Crippen molar-refractivity contribution in [3.8, 4) is 23.0 Å². The summed E-state index contributed by atoms with van der Waals surface area (Å²) in [5.74, 6) is 2.77. The highest BCUT2D eigenvalue weighted by molar-refractivity contribution is 5.62. The molecule has 0 radical (unpaired) electrons. The summed E-state index contributed by atoms with van der Waals surface area (Å²) < 4.78 is 16.7. The molecule has 0 aliphatic carbocycles. The molecule has 0 atom stereocenters. The van der Waals surface area contributed by atoms with Crippen molar-refractivity contribution < 1.29 is 19.3 Å². The number of hydrogen-bond donors (Lipinski definition) is 1. The third-order valence-corrected chi connectivity index (χ3v) is 3.55. The zero-order valence-corrected chi connectivity index (χ0v) is 11.5. The fraction of sp³-hybridized carbons (Fsp3) is 0.250. The molecule has 0 unspecified atom stereocenters.